The Morgan fingerprint density at radius 1 is 1.15 bits per heavy atom. The molecular weight excluding hydrogens is 373 g/mol. The van der Waals surface area contributed by atoms with Gasteiger partial charge in [0.2, 0.25) is 5.91 Å². The van der Waals surface area contributed by atoms with Crippen LogP contribution in [0.3, 0.4) is 0 Å². The highest BCUT2D eigenvalue weighted by atomic mass is 35.5. The number of ether oxygens (including phenoxy) is 1. The monoisotopic (exact) mass is 395 g/mol. The minimum atomic E-state index is -0.451. The Hall–Kier alpha value is -1.52. The summed E-state index contributed by atoms with van der Waals surface area (Å²) in [5.41, 5.74) is 1.68. The van der Waals surface area contributed by atoms with Crippen LogP contribution in [0, 0.1) is 0 Å². The van der Waals surface area contributed by atoms with Gasteiger partial charge < -0.3 is 10.1 Å². The third kappa shape index (κ3) is 4.24. The number of benzene rings is 1. The lowest BCUT2D eigenvalue weighted by molar-refractivity contribution is -0.145. The molecule has 1 aromatic rings. The first-order valence-electron chi connectivity index (χ1n) is 9.13. The zero-order valence-corrected chi connectivity index (χ0v) is 16.3. The molecule has 1 fully saturated rings. The van der Waals surface area contributed by atoms with Crippen molar-refractivity contribution >= 4 is 35.1 Å². The van der Waals surface area contributed by atoms with Gasteiger partial charge in [-0.05, 0) is 44.2 Å². The van der Waals surface area contributed by atoms with E-state index in [0.29, 0.717) is 26.9 Å². The van der Waals surface area contributed by atoms with E-state index < -0.39 is 5.92 Å². The second kappa shape index (κ2) is 8.45. The minimum absolute atomic E-state index is 0.0570. The Kier molecular flexibility index (Phi) is 6.25. The average Bonchev–Trinajstić information content (AvgIpc) is 2.85. The topological polar surface area (TPSA) is 55.4 Å². The van der Waals surface area contributed by atoms with Gasteiger partial charge in [0.15, 0.2) is 0 Å². The van der Waals surface area contributed by atoms with E-state index in [1.54, 1.807) is 19.1 Å². The van der Waals surface area contributed by atoms with Gasteiger partial charge in [-0.15, -0.1) is 0 Å². The van der Waals surface area contributed by atoms with Crippen molar-refractivity contribution in [3.05, 3.63) is 45.1 Å². The maximum Gasteiger partial charge on any atom is 0.336 e. The van der Waals surface area contributed by atoms with Crippen LogP contribution in [0.2, 0.25) is 10.0 Å². The molecule has 1 saturated carbocycles. The molecule has 140 valence electrons. The molecule has 1 atom stereocenters. The molecule has 1 heterocycles. The summed E-state index contributed by atoms with van der Waals surface area (Å²) < 4.78 is 5.81. The summed E-state index contributed by atoms with van der Waals surface area (Å²) in [6, 6.07) is 5.28. The highest BCUT2D eigenvalue weighted by Crippen LogP contribution is 2.40. The Morgan fingerprint density at radius 2 is 1.85 bits per heavy atom. The third-order valence-electron chi connectivity index (χ3n) is 5.12. The number of allylic oxidation sites excluding steroid dienone is 1. The quantitative estimate of drug-likeness (QED) is 0.569. The molecule has 3 rings (SSSR count). The van der Waals surface area contributed by atoms with Crippen molar-refractivity contribution in [1.29, 1.82) is 0 Å². The van der Waals surface area contributed by atoms with E-state index in [-0.39, 0.29) is 24.4 Å². The normalized spacial score (nSPS) is 22.0. The number of hydrogen-bond acceptors (Lipinski definition) is 3. The van der Waals surface area contributed by atoms with Gasteiger partial charge in [0.1, 0.15) is 6.10 Å². The fourth-order valence-corrected chi connectivity index (χ4v) is 4.24. The smallest absolute Gasteiger partial charge is 0.336 e. The number of hydrogen-bond donors (Lipinski definition) is 1. The van der Waals surface area contributed by atoms with Crippen LogP contribution in [0.4, 0.5) is 0 Å². The lowest BCUT2D eigenvalue weighted by Gasteiger charge is -2.28. The molecule has 6 heteroatoms. The maximum atomic E-state index is 13.0. The predicted molar refractivity (Wildman–Crippen MR) is 102 cm³/mol. The number of carbonyl (C=O) groups is 2. The second-order valence-electron chi connectivity index (χ2n) is 7.01. The van der Waals surface area contributed by atoms with Gasteiger partial charge in [-0.3, -0.25) is 4.79 Å². The van der Waals surface area contributed by atoms with Crippen LogP contribution in [0.25, 0.3) is 0 Å². The molecule has 1 aromatic carbocycles. The summed E-state index contributed by atoms with van der Waals surface area (Å²) in [7, 11) is 0. The summed E-state index contributed by atoms with van der Waals surface area (Å²) >= 11 is 12.5. The van der Waals surface area contributed by atoms with Crippen LogP contribution in [0.5, 0.6) is 0 Å². The minimum Gasteiger partial charge on any atom is -0.459 e. The Balaban J connectivity index is 1.90. The summed E-state index contributed by atoms with van der Waals surface area (Å²) in [5, 5.41) is 3.54. The molecule has 26 heavy (non-hydrogen) atoms. The van der Waals surface area contributed by atoms with Gasteiger partial charge in [0.05, 0.1) is 15.6 Å². The average molecular weight is 396 g/mol. The summed E-state index contributed by atoms with van der Waals surface area (Å²) in [5.74, 6) is -0.960. The first-order chi connectivity index (χ1) is 12.5. The summed E-state index contributed by atoms with van der Waals surface area (Å²) in [4.78, 5) is 25.1. The molecule has 0 bridgehead atoms. The zero-order chi connectivity index (χ0) is 18.7. The molecule has 0 unspecified atom stereocenters. The number of esters is 1. The number of amides is 1. The largest absolute Gasteiger partial charge is 0.459 e. The van der Waals surface area contributed by atoms with E-state index in [1.807, 2.05) is 6.07 Å². The highest BCUT2D eigenvalue weighted by Gasteiger charge is 2.35. The van der Waals surface area contributed by atoms with Crippen LogP contribution in [-0.2, 0) is 14.3 Å². The van der Waals surface area contributed by atoms with E-state index in [0.717, 1.165) is 25.7 Å². The van der Waals surface area contributed by atoms with E-state index in [9.17, 15) is 9.59 Å². The van der Waals surface area contributed by atoms with Crippen molar-refractivity contribution in [3.63, 3.8) is 0 Å². The highest BCUT2D eigenvalue weighted by molar-refractivity contribution is 6.42. The Morgan fingerprint density at radius 3 is 2.54 bits per heavy atom. The molecule has 0 radical (unpaired) electrons. The molecule has 4 nitrogen and oxygen atoms in total. The van der Waals surface area contributed by atoms with Crippen molar-refractivity contribution in [2.45, 2.75) is 63.9 Å². The molecular formula is C20H23Cl2NO3. The van der Waals surface area contributed by atoms with Gasteiger partial charge >= 0.3 is 5.97 Å². The number of rotatable bonds is 3. The van der Waals surface area contributed by atoms with Crippen LogP contribution in [0.15, 0.2) is 29.5 Å². The Bertz CT molecular complexity index is 737. The van der Waals surface area contributed by atoms with Crippen molar-refractivity contribution in [2.24, 2.45) is 0 Å². The van der Waals surface area contributed by atoms with E-state index in [2.05, 4.69) is 5.32 Å². The molecule has 0 saturated heterocycles. The summed E-state index contributed by atoms with van der Waals surface area (Å²) in [6.45, 7) is 1.73. The molecule has 1 aliphatic carbocycles. The van der Waals surface area contributed by atoms with Crippen LogP contribution in [-0.4, -0.2) is 18.0 Å². The van der Waals surface area contributed by atoms with Crippen LogP contribution >= 0.6 is 23.2 Å². The summed E-state index contributed by atoms with van der Waals surface area (Å²) in [6.07, 6.45) is 6.41. The second-order valence-corrected chi connectivity index (χ2v) is 7.79. The number of halogens is 2. The first-order valence-corrected chi connectivity index (χ1v) is 9.88. The Labute approximate surface area is 163 Å². The SMILES string of the molecule is CC1=C(C(=O)OC2CCCCCC2)[C@H](c2cccc(Cl)c2Cl)CC(=O)N1. The third-order valence-corrected chi connectivity index (χ3v) is 5.96. The fourth-order valence-electron chi connectivity index (χ4n) is 3.80. The molecule has 1 aliphatic heterocycles. The maximum absolute atomic E-state index is 13.0. The van der Waals surface area contributed by atoms with E-state index >= 15 is 0 Å². The number of nitrogens with one attached hydrogen (secondary N) is 1. The fraction of sp³-hybridized carbons (Fsp3) is 0.500. The molecule has 2 aliphatic rings. The van der Waals surface area contributed by atoms with Crippen LogP contribution in [0.1, 0.15) is 63.4 Å². The zero-order valence-electron chi connectivity index (χ0n) is 14.8. The molecule has 0 aromatic heterocycles. The van der Waals surface area contributed by atoms with Crippen molar-refractivity contribution in [3.8, 4) is 0 Å². The molecule has 0 spiro atoms. The lowest BCUT2D eigenvalue weighted by atomic mass is 9.84. The van der Waals surface area contributed by atoms with Gasteiger partial charge in [-0.2, -0.15) is 0 Å². The van der Waals surface area contributed by atoms with E-state index in [1.165, 1.54) is 12.8 Å². The van der Waals surface area contributed by atoms with Crippen molar-refractivity contribution in [1.82, 2.24) is 5.32 Å². The van der Waals surface area contributed by atoms with Gasteiger partial charge in [0, 0.05) is 18.0 Å². The van der Waals surface area contributed by atoms with Crippen molar-refractivity contribution < 1.29 is 14.3 Å². The van der Waals surface area contributed by atoms with Gasteiger partial charge in [-0.25, -0.2) is 4.79 Å². The van der Waals surface area contributed by atoms with Gasteiger partial charge in [-0.1, -0.05) is 48.2 Å². The lowest BCUT2D eigenvalue weighted by Crippen LogP contribution is -2.35. The van der Waals surface area contributed by atoms with Crippen LogP contribution < -0.4 is 5.32 Å². The molecule has 1 amide bonds. The predicted octanol–water partition coefficient (Wildman–Crippen LogP) is 5.14. The first kappa shape index (κ1) is 19.2. The standard InChI is InChI=1S/C20H23Cl2NO3/c1-12-18(20(25)26-13-7-4-2-3-5-8-13)15(11-17(24)23-12)14-9-6-10-16(21)19(14)22/h6,9-10,13,15H,2-5,7-8,11H2,1H3,(H,23,24)/t15-/m0/s1. The van der Waals surface area contributed by atoms with Crippen molar-refractivity contribution in [2.75, 3.05) is 0 Å². The van der Waals surface area contributed by atoms with E-state index in [4.69, 9.17) is 27.9 Å². The van der Waals surface area contributed by atoms with Gasteiger partial charge in [0.25, 0.3) is 0 Å². The number of carbonyl (C=O) groups excluding carboxylic acids is 2. The molecule has 1 N–H and O–H groups in total.